The largest absolute Gasteiger partial charge is 0.490 e. The summed E-state index contributed by atoms with van der Waals surface area (Å²) < 4.78 is 56.7. The van der Waals surface area contributed by atoms with Crippen molar-refractivity contribution in [2.24, 2.45) is 0 Å². The van der Waals surface area contributed by atoms with E-state index in [1.807, 2.05) is 133 Å². The minimum absolute atomic E-state index is 0.284. The van der Waals surface area contributed by atoms with Crippen LogP contribution in [0, 0.1) is 11.6 Å². The Labute approximate surface area is 334 Å². The van der Waals surface area contributed by atoms with E-state index in [0.29, 0.717) is 34.1 Å². The average Bonchev–Trinajstić information content (AvgIpc) is 3.28. The van der Waals surface area contributed by atoms with Crippen LogP contribution in [0.3, 0.4) is 0 Å². The van der Waals surface area contributed by atoms with Crippen molar-refractivity contribution in [3.8, 4) is 23.0 Å². The molecular formula is C52H36F2O4. The monoisotopic (exact) mass is 762 g/mol. The Hall–Kier alpha value is -7.18. The van der Waals surface area contributed by atoms with Crippen LogP contribution in [0.15, 0.2) is 182 Å². The molecule has 10 rings (SSSR count). The van der Waals surface area contributed by atoms with Crippen LogP contribution in [-0.4, -0.2) is 13.2 Å². The lowest BCUT2D eigenvalue weighted by atomic mass is 9.83. The quantitative estimate of drug-likeness (QED) is 0.137. The Morgan fingerprint density at radius 1 is 0.414 bits per heavy atom. The summed E-state index contributed by atoms with van der Waals surface area (Å²) in [6.45, 7) is 0.568. The van der Waals surface area contributed by atoms with Gasteiger partial charge in [-0.1, -0.05) is 121 Å². The van der Waals surface area contributed by atoms with Gasteiger partial charge in [0.15, 0.2) is 11.2 Å². The standard InChI is InChI=1S/C52H36F2O4/c53-47-15-7-5-13-45(47)51(31-29-43-41-11-3-1-9-35(41)17-27-49(43)57-51)37-19-23-39(24-20-37)55-33-34-56-40-25-21-38(22-26-40)52(46-14-6-8-16-48(46)54)32-30-44-42-12-4-2-10-36(42)18-28-50(44)58-52/h1-32H,33-34H2. The van der Waals surface area contributed by atoms with Crippen molar-refractivity contribution in [3.63, 3.8) is 0 Å². The predicted molar refractivity (Wildman–Crippen MR) is 225 cm³/mol. The summed E-state index contributed by atoms with van der Waals surface area (Å²) in [7, 11) is 0. The summed E-state index contributed by atoms with van der Waals surface area (Å²) in [5, 5.41) is 4.36. The van der Waals surface area contributed by atoms with Crippen molar-refractivity contribution in [2.45, 2.75) is 11.2 Å². The van der Waals surface area contributed by atoms with Gasteiger partial charge in [-0.25, -0.2) is 8.78 Å². The van der Waals surface area contributed by atoms with E-state index in [2.05, 4.69) is 24.3 Å². The summed E-state index contributed by atoms with van der Waals surface area (Å²) >= 11 is 0. The van der Waals surface area contributed by atoms with Crippen LogP contribution in [0.1, 0.15) is 33.4 Å². The molecule has 8 aromatic carbocycles. The maximum absolute atomic E-state index is 15.5. The molecule has 0 saturated carbocycles. The summed E-state index contributed by atoms with van der Waals surface area (Å²) in [4.78, 5) is 0. The summed E-state index contributed by atoms with van der Waals surface area (Å²) in [6.07, 6.45) is 7.93. The molecule has 2 aliphatic rings. The lowest BCUT2D eigenvalue weighted by Crippen LogP contribution is -2.35. The Kier molecular flexibility index (Phi) is 8.75. The molecule has 2 atom stereocenters. The lowest BCUT2D eigenvalue weighted by molar-refractivity contribution is 0.156. The number of benzene rings is 8. The van der Waals surface area contributed by atoms with Crippen molar-refractivity contribution < 1.29 is 27.7 Å². The molecule has 8 aromatic rings. The fourth-order valence-electron chi connectivity index (χ4n) is 8.24. The van der Waals surface area contributed by atoms with Gasteiger partial charge in [0, 0.05) is 33.4 Å². The van der Waals surface area contributed by atoms with Gasteiger partial charge in [0.05, 0.1) is 0 Å². The van der Waals surface area contributed by atoms with Crippen LogP contribution in [0.4, 0.5) is 8.78 Å². The Morgan fingerprint density at radius 3 is 1.24 bits per heavy atom. The van der Waals surface area contributed by atoms with Gasteiger partial charge in [0.25, 0.3) is 0 Å². The van der Waals surface area contributed by atoms with Crippen LogP contribution in [0.5, 0.6) is 23.0 Å². The molecule has 0 saturated heterocycles. The summed E-state index contributed by atoms with van der Waals surface area (Å²) in [5.74, 6) is 1.92. The number of ether oxygens (including phenoxy) is 4. The minimum atomic E-state index is -1.18. The van der Waals surface area contributed by atoms with E-state index in [1.165, 1.54) is 12.1 Å². The maximum atomic E-state index is 15.5. The molecule has 0 fully saturated rings. The van der Waals surface area contributed by atoms with E-state index in [9.17, 15) is 0 Å². The van der Waals surface area contributed by atoms with Gasteiger partial charge in [-0.3, -0.25) is 0 Å². The molecule has 0 spiro atoms. The number of halogens is 2. The first-order valence-corrected chi connectivity index (χ1v) is 19.3. The topological polar surface area (TPSA) is 36.9 Å². The van der Waals surface area contributed by atoms with Crippen molar-refractivity contribution in [2.75, 3.05) is 13.2 Å². The number of hydrogen-bond donors (Lipinski definition) is 0. The zero-order chi connectivity index (χ0) is 39.1. The lowest BCUT2D eigenvalue weighted by Gasteiger charge is -2.36. The molecule has 0 aromatic heterocycles. The number of rotatable bonds is 9. The first-order chi connectivity index (χ1) is 28.5. The van der Waals surface area contributed by atoms with Crippen LogP contribution in [-0.2, 0) is 11.2 Å². The zero-order valence-corrected chi connectivity index (χ0v) is 31.3. The average molecular weight is 763 g/mol. The highest BCUT2D eigenvalue weighted by atomic mass is 19.1. The Morgan fingerprint density at radius 2 is 0.810 bits per heavy atom. The van der Waals surface area contributed by atoms with E-state index in [4.69, 9.17) is 18.9 Å². The van der Waals surface area contributed by atoms with Gasteiger partial charge in [0.2, 0.25) is 0 Å². The molecule has 2 aliphatic heterocycles. The zero-order valence-electron chi connectivity index (χ0n) is 31.3. The van der Waals surface area contributed by atoms with Crippen LogP contribution >= 0.6 is 0 Å². The van der Waals surface area contributed by atoms with Gasteiger partial charge in [0.1, 0.15) is 47.8 Å². The molecule has 58 heavy (non-hydrogen) atoms. The first kappa shape index (κ1) is 35.2. The highest BCUT2D eigenvalue weighted by Gasteiger charge is 2.41. The van der Waals surface area contributed by atoms with E-state index in [-0.39, 0.29) is 24.8 Å². The van der Waals surface area contributed by atoms with E-state index < -0.39 is 11.2 Å². The van der Waals surface area contributed by atoms with E-state index in [0.717, 1.165) is 43.8 Å². The van der Waals surface area contributed by atoms with Crippen LogP contribution < -0.4 is 18.9 Å². The molecule has 282 valence electrons. The molecule has 0 N–H and O–H groups in total. The highest BCUT2D eigenvalue weighted by molar-refractivity contribution is 5.95. The third-order valence-electron chi connectivity index (χ3n) is 11.1. The van der Waals surface area contributed by atoms with Crippen molar-refractivity contribution >= 4 is 33.7 Å². The molecule has 0 aliphatic carbocycles. The van der Waals surface area contributed by atoms with Gasteiger partial charge < -0.3 is 18.9 Å². The van der Waals surface area contributed by atoms with Gasteiger partial charge in [-0.05, 0) is 94.4 Å². The number of hydrogen-bond acceptors (Lipinski definition) is 4. The van der Waals surface area contributed by atoms with E-state index in [1.54, 1.807) is 24.3 Å². The van der Waals surface area contributed by atoms with Gasteiger partial charge in [-0.2, -0.15) is 0 Å². The third-order valence-corrected chi connectivity index (χ3v) is 11.1. The second-order valence-corrected chi connectivity index (χ2v) is 14.4. The minimum Gasteiger partial charge on any atom is -0.490 e. The van der Waals surface area contributed by atoms with Crippen molar-refractivity contribution in [1.82, 2.24) is 0 Å². The van der Waals surface area contributed by atoms with Crippen LogP contribution in [0.2, 0.25) is 0 Å². The molecular weight excluding hydrogens is 727 g/mol. The SMILES string of the molecule is Fc1ccccc1C1(c2ccc(OCCOc3ccc(C4(c5ccccc5F)C=Cc5c(ccc6ccccc56)O4)cc3)cc2)C=Cc2c(ccc3ccccc23)O1. The van der Waals surface area contributed by atoms with Gasteiger partial charge >= 0.3 is 0 Å². The smallest absolute Gasteiger partial charge is 0.180 e. The van der Waals surface area contributed by atoms with Gasteiger partial charge in [-0.15, -0.1) is 0 Å². The Bertz CT molecular complexity index is 2680. The van der Waals surface area contributed by atoms with Crippen molar-refractivity contribution in [1.29, 1.82) is 0 Å². The fraction of sp³-hybridized carbons (Fsp3) is 0.0769. The third kappa shape index (κ3) is 6.05. The molecule has 4 nitrogen and oxygen atoms in total. The molecule has 0 amide bonds. The molecule has 0 radical (unpaired) electrons. The highest BCUT2D eigenvalue weighted by Crippen LogP contribution is 2.47. The van der Waals surface area contributed by atoms with Crippen molar-refractivity contribution in [3.05, 3.63) is 227 Å². The predicted octanol–water partition coefficient (Wildman–Crippen LogP) is 12.4. The summed E-state index contributed by atoms with van der Waals surface area (Å²) in [6, 6.07) is 52.8. The summed E-state index contributed by atoms with van der Waals surface area (Å²) in [5.41, 5.74) is 1.91. The maximum Gasteiger partial charge on any atom is 0.180 e. The molecule has 6 heteroatoms. The normalized spacial score (nSPS) is 17.9. The Balaban J connectivity index is 0.848. The molecule has 0 bridgehead atoms. The second kappa shape index (κ2) is 14.4. The molecule has 2 unspecified atom stereocenters. The molecule has 2 heterocycles. The second-order valence-electron chi connectivity index (χ2n) is 14.4. The number of fused-ring (bicyclic) bond motifs is 6. The first-order valence-electron chi connectivity index (χ1n) is 19.3. The van der Waals surface area contributed by atoms with Crippen LogP contribution in [0.25, 0.3) is 33.7 Å². The fourth-order valence-corrected chi connectivity index (χ4v) is 8.24. The van der Waals surface area contributed by atoms with E-state index >= 15 is 8.78 Å².